The van der Waals surface area contributed by atoms with Gasteiger partial charge in [-0.25, -0.2) is 0 Å². The predicted octanol–water partition coefficient (Wildman–Crippen LogP) is 1.27. The molecule has 5 heteroatoms. The molecule has 1 aliphatic rings. The summed E-state index contributed by atoms with van der Waals surface area (Å²) in [5.74, 6) is -0.444. The number of benzene rings is 1. The number of rotatable bonds is 2. The fraction of sp³-hybridized carbons (Fsp3) is 0.231. The Morgan fingerprint density at radius 2 is 1.89 bits per heavy atom. The van der Waals surface area contributed by atoms with Crippen molar-refractivity contribution in [3.63, 3.8) is 0 Å². The first-order valence-corrected chi connectivity index (χ1v) is 6.04. The molecule has 4 nitrogen and oxygen atoms in total. The summed E-state index contributed by atoms with van der Waals surface area (Å²) in [6, 6.07) is 7.65. The van der Waals surface area contributed by atoms with Gasteiger partial charge in [0.1, 0.15) is 0 Å². The Morgan fingerprint density at radius 3 is 2.44 bits per heavy atom. The summed E-state index contributed by atoms with van der Waals surface area (Å²) in [4.78, 5) is 11.6. The average Bonchev–Trinajstić information content (AvgIpc) is 2.28. The van der Waals surface area contributed by atoms with E-state index in [4.69, 9.17) is 18.0 Å². The van der Waals surface area contributed by atoms with Crippen LogP contribution in [0.25, 0.3) is 0 Å². The first-order chi connectivity index (χ1) is 8.49. The third kappa shape index (κ3) is 2.36. The van der Waals surface area contributed by atoms with Crippen LogP contribution in [0.4, 0.5) is 0 Å². The normalized spacial score (nSPS) is 19.2. The molecule has 0 unspecified atom stereocenters. The number of nitrogens with one attached hydrogen (secondary N) is 2. The van der Waals surface area contributed by atoms with Crippen LogP contribution in [0.5, 0.6) is 0 Å². The van der Waals surface area contributed by atoms with Crippen LogP contribution in [-0.4, -0.2) is 11.0 Å². The van der Waals surface area contributed by atoms with Crippen molar-refractivity contribution in [2.75, 3.05) is 0 Å². The number of carbonyl (C=O) groups is 1. The van der Waals surface area contributed by atoms with Gasteiger partial charge in [0.25, 0.3) is 0 Å². The lowest BCUT2D eigenvalue weighted by molar-refractivity contribution is -0.115. The van der Waals surface area contributed by atoms with Gasteiger partial charge in [-0.3, -0.25) is 4.79 Å². The number of hydrogen-bond donors (Lipinski definition) is 3. The molecule has 4 N–H and O–H groups in total. The van der Waals surface area contributed by atoms with Crippen molar-refractivity contribution in [3.8, 4) is 0 Å². The van der Waals surface area contributed by atoms with Crippen molar-refractivity contribution in [1.29, 1.82) is 0 Å². The van der Waals surface area contributed by atoms with Crippen molar-refractivity contribution in [2.45, 2.75) is 19.9 Å². The van der Waals surface area contributed by atoms with Crippen LogP contribution in [0.3, 0.4) is 0 Å². The Morgan fingerprint density at radius 1 is 1.28 bits per heavy atom. The van der Waals surface area contributed by atoms with Crippen LogP contribution >= 0.6 is 12.2 Å². The molecule has 1 aromatic rings. The number of nitrogens with two attached hydrogens (primary N) is 1. The highest BCUT2D eigenvalue weighted by molar-refractivity contribution is 7.80. The first-order valence-electron chi connectivity index (χ1n) is 5.63. The minimum Gasteiger partial charge on any atom is -0.366 e. The molecule has 1 atom stereocenters. The Bertz CT molecular complexity index is 534. The van der Waals surface area contributed by atoms with Gasteiger partial charge in [-0.2, -0.15) is 0 Å². The fourth-order valence-corrected chi connectivity index (χ4v) is 2.30. The van der Waals surface area contributed by atoms with E-state index < -0.39 is 5.91 Å². The monoisotopic (exact) mass is 261 g/mol. The number of carbonyl (C=O) groups excluding carboxylic acids is 1. The van der Waals surface area contributed by atoms with Gasteiger partial charge >= 0.3 is 0 Å². The first kappa shape index (κ1) is 12.6. The molecule has 2 rings (SSSR count). The lowest BCUT2D eigenvalue weighted by Gasteiger charge is -2.29. The number of primary amides is 1. The number of thiocarbonyl (C=S) groups is 1. The fourth-order valence-electron chi connectivity index (χ4n) is 2.03. The largest absolute Gasteiger partial charge is 0.366 e. The molecule has 0 bridgehead atoms. The summed E-state index contributed by atoms with van der Waals surface area (Å²) in [6.45, 7) is 3.81. The second kappa shape index (κ2) is 4.78. The third-order valence-corrected chi connectivity index (χ3v) is 3.17. The minimum absolute atomic E-state index is 0.281. The van der Waals surface area contributed by atoms with E-state index in [0.717, 1.165) is 11.1 Å². The van der Waals surface area contributed by atoms with Gasteiger partial charge in [-0.1, -0.05) is 29.8 Å². The van der Waals surface area contributed by atoms with Gasteiger partial charge < -0.3 is 16.4 Å². The molecule has 0 fully saturated rings. The second-order valence-electron chi connectivity index (χ2n) is 4.35. The Hall–Kier alpha value is -1.88. The van der Waals surface area contributed by atoms with Crippen LogP contribution in [-0.2, 0) is 4.79 Å². The van der Waals surface area contributed by atoms with Crippen LogP contribution in [0.2, 0.25) is 0 Å². The number of amides is 1. The predicted molar refractivity (Wildman–Crippen MR) is 74.7 cm³/mol. The van der Waals surface area contributed by atoms with Crippen molar-refractivity contribution in [1.82, 2.24) is 10.6 Å². The molecule has 1 aliphatic heterocycles. The van der Waals surface area contributed by atoms with Gasteiger partial charge in [0, 0.05) is 5.70 Å². The van der Waals surface area contributed by atoms with Crippen LogP contribution in [0.15, 0.2) is 35.5 Å². The second-order valence-corrected chi connectivity index (χ2v) is 4.75. The SMILES string of the molecule is CC1=C(C(N)=O)[C@H](c2ccc(C)cc2)NC(=S)N1. The summed E-state index contributed by atoms with van der Waals surface area (Å²) < 4.78 is 0. The van der Waals surface area contributed by atoms with Gasteiger partial charge in [0.15, 0.2) is 5.11 Å². The van der Waals surface area contributed by atoms with Crippen molar-refractivity contribution < 1.29 is 4.79 Å². The summed E-state index contributed by atoms with van der Waals surface area (Å²) >= 11 is 5.12. The van der Waals surface area contributed by atoms with E-state index in [9.17, 15) is 4.79 Å². The molecule has 0 spiro atoms. The number of allylic oxidation sites excluding steroid dienone is 1. The van der Waals surface area contributed by atoms with E-state index in [2.05, 4.69) is 10.6 Å². The number of hydrogen-bond acceptors (Lipinski definition) is 2. The molecule has 0 saturated carbocycles. The van der Waals surface area contributed by atoms with Crippen molar-refractivity contribution >= 4 is 23.2 Å². The minimum atomic E-state index is -0.444. The van der Waals surface area contributed by atoms with Crippen LogP contribution < -0.4 is 16.4 Å². The highest BCUT2D eigenvalue weighted by atomic mass is 32.1. The topological polar surface area (TPSA) is 67.2 Å². The zero-order valence-electron chi connectivity index (χ0n) is 10.3. The maximum Gasteiger partial charge on any atom is 0.248 e. The molecule has 0 radical (unpaired) electrons. The van der Waals surface area contributed by atoms with Gasteiger partial charge in [0.2, 0.25) is 5.91 Å². The molecule has 1 heterocycles. The van der Waals surface area contributed by atoms with Crippen LogP contribution in [0.1, 0.15) is 24.1 Å². The molecular weight excluding hydrogens is 246 g/mol. The summed E-state index contributed by atoms with van der Waals surface area (Å²) in [5.41, 5.74) is 8.80. The lowest BCUT2D eigenvalue weighted by Crippen LogP contribution is -2.46. The van der Waals surface area contributed by atoms with E-state index in [1.165, 1.54) is 0 Å². The maximum atomic E-state index is 11.6. The number of aryl methyl sites for hydroxylation is 1. The smallest absolute Gasteiger partial charge is 0.248 e. The van der Waals surface area contributed by atoms with E-state index in [-0.39, 0.29) is 6.04 Å². The Labute approximate surface area is 111 Å². The van der Waals surface area contributed by atoms with Crippen molar-refractivity contribution in [2.24, 2.45) is 5.73 Å². The molecule has 1 aromatic carbocycles. The molecule has 1 amide bonds. The molecule has 0 saturated heterocycles. The standard InChI is InChI=1S/C13H15N3OS/c1-7-3-5-9(6-4-7)11-10(12(14)17)8(2)15-13(18)16-11/h3-6,11H,1-2H3,(H2,14,17)(H2,15,16,18)/t11-/m0/s1. The van der Waals surface area contributed by atoms with E-state index in [0.29, 0.717) is 16.4 Å². The third-order valence-electron chi connectivity index (χ3n) is 2.95. The molecule has 18 heavy (non-hydrogen) atoms. The van der Waals surface area contributed by atoms with E-state index in [1.54, 1.807) is 6.92 Å². The highest BCUT2D eigenvalue weighted by Gasteiger charge is 2.28. The summed E-state index contributed by atoms with van der Waals surface area (Å²) in [6.07, 6.45) is 0. The average molecular weight is 261 g/mol. The zero-order valence-corrected chi connectivity index (χ0v) is 11.1. The van der Waals surface area contributed by atoms with Gasteiger partial charge in [-0.05, 0) is 31.6 Å². The summed E-state index contributed by atoms with van der Waals surface area (Å²) in [5, 5.41) is 6.50. The lowest BCUT2D eigenvalue weighted by atomic mass is 9.95. The molecule has 0 aliphatic carbocycles. The van der Waals surface area contributed by atoms with E-state index in [1.807, 2.05) is 31.2 Å². The van der Waals surface area contributed by atoms with Crippen molar-refractivity contribution in [3.05, 3.63) is 46.7 Å². The highest BCUT2D eigenvalue weighted by Crippen LogP contribution is 2.26. The molecular formula is C13H15N3OS. The quantitative estimate of drug-likeness (QED) is 0.701. The molecule has 94 valence electrons. The summed E-state index contributed by atoms with van der Waals surface area (Å²) in [7, 11) is 0. The zero-order chi connectivity index (χ0) is 13.3. The maximum absolute atomic E-state index is 11.6. The van der Waals surface area contributed by atoms with Crippen LogP contribution in [0, 0.1) is 6.92 Å². The van der Waals surface area contributed by atoms with E-state index >= 15 is 0 Å². The molecule has 0 aromatic heterocycles. The van der Waals surface area contributed by atoms with Gasteiger partial charge in [-0.15, -0.1) is 0 Å². The van der Waals surface area contributed by atoms with Gasteiger partial charge in [0.05, 0.1) is 11.6 Å². The Kier molecular flexibility index (Phi) is 3.34. The Balaban J connectivity index is 2.46.